The Balaban J connectivity index is 1.05. The van der Waals surface area contributed by atoms with E-state index in [2.05, 4.69) is 46.5 Å². The van der Waals surface area contributed by atoms with Crippen LogP contribution in [0.2, 0.25) is 0 Å². The number of nitrogens with zero attached hydrogens (tertiary/aromatic N) is 7. The number of carbonyl (C=O) groups is 7. The van der Waals surface area contributed by atoms with E-state index in [1.54, 1.807) is 31.7 Å². The molecule has 0 bridgehead atoms. The van der Waals surface area contributed by atoms with Gasteiger partial charge in [0, 0.05) is 89.7 Å². The minimum Gasteiger partial charge on any atom is -0.480 e. The van der Waals surface area contributed by atoms with Crippen LogP contribution in [0.15, 0.2) is 44.8 Å². The normalized spacial score (nSPS) is 15.3. The summed E-state index contributed by atoms with van der Waals surface area (Å²) >= 11 is 0. The molecule has 4 aromatic rings. The first-order valence-corrected chi connectivity index (χ1v) is 23.0. The molecule has 1 unspecified atom stereocenters. The van der Waals surface area contributed by atoms with Crippen LogP contribution in [-0.4, -0.2) is 210 Å². The SMILES string of the molecule is Nc1nc2ncc(CNc3ccc(C(=O)N[C@@H](CCC(=O)NCCNc4c(NCCCC(C(=O)O)N5CCN(CC(=O)O)CCN(CC(=O)O)CCN(CC(=O)O)CC5)c(=O)c4=O)C(=O)O)cc3)nc2c(=O)[nH]1. The van der Waals surface area contributed by atoms with E-state index in [9.17, 15) is 73.5 Å². The Labute approximate surface area is 414 Å². The third-order valence-corrected chi connectivity index (χ3v) is 11.7. The number of hydrogen-bond donors (Lipinski definition) is 12. The molecule has 2 amide bonds. The van der Waals surface area contributed by atoms with Crippen molar-refractivity contribution in [2.45, 2.75) is 44.3 Å². The number of fused-ring (bicyclic) bond motifs is 1. The molecule has 0 saturated carbocycles. The van der Waals surface area contributed by atoms with Crippen molar-refractivity contribution in [3.63, 3.8) is 0 Å². The number of hydrogen-bond acceptors (Lipinski definition) is 21. The maximum atomic E-state index is 12.9. The summed E-state index contributed by atoms with van der Waals surface area (Å²) < 4.78 is 0. The second-order valence-corrected chi connectivity index (χ2v) is 17.0. The fourth-order valence-corrected chi connectivity index (χ4v) is 7.85. The number of aromatic amines is 1. The summed E-state index contributed by atoms with van der Waals surface area (Å²) in [6, 6.07) is 3.54. The first kappa shape index (κ1) is 55.8. The number of nitrogens with two attached hydrogens (primary N) is 1. The van der Waals surface area contributed by atoms with Gasteiger partial charge in [-0.25, -0.2) is 14.8 Å². The van der Waals surface area contributed by atoms with Crippen LogP contribution in [0.5, 0.6) is 0 Å². The number of carboxylic acids is 5. The molecule has 0 aliphatic carbocycles. The van der Waals surface area contributed by atoms with E-state index in [0.29, 0.717) is 11.4 Å². The van der Waals surface area contributed by atoms with Gasteiger partial charge in [0.05, 0.1) is 38.1 Å². The van der Waals surface area contributed by atoms with Crippen LogP contribution in [-0.2, 0) is 35.3 Å². The molecule has 0 spiro atoms. The van der Waals surface area contributed by atoms with E-state index in [1.807, 2.05) is 0 Å². The van der Waals surface area contributed by atoms with Crippen LogP contribution in [0.1, 0.15) is 41.7 Å². The van der Waals surface area contributed by atoms with Gasteiger partial charge in [-0.1, -0.05) is 0 Å². The van der Waals surface area contributed by atoms with Crippen LogP contribution < -0.4 is 48.7 Å². The van der Waals surface area contributed by atoms with Crippen molar-refractivity contribution in [1.82, 2.24) is 50.2 Å². The monoisotopic (exact) mass is 1020 g/mol. The van der Waals surface area contributed by atoms with E-state index in [0.717, 1.165) is 0 Å². The molecule has 1 aliphatic heterocycles. The molecular formula is C44H58N14O15. The highest BCUT2D eigenvalue weighted by Crippen LogP contribution is 2.17. The van der Waals surface area contributed by atoms with Gasteiger partial charge in [-0.2, -0.15) is 4.98 Å². The Morgan fingerprint density at radius 1 is 0.671 bits per heavy atom. The highest BCUT2D eigenvalue weighted by Gasteiger charge is 2.29. The third kappa shape index (κ3) is 17.3. The number of aliphatic carboxylic acids is 5. The Kier molecular flexibility index (Phi) is 20.5. The van der Waals surface area contributed by atoms with Crippen LogP contribution in [0.3, 0.4) is 0 Å². The van der Waals surface area contributed by atoms with Crippen molar-refractivity contribution in [2.75, 3.05) is 113 Å². The van der Waals surface area contributed by atoms with Crippen LogP contribution >= 0.6 is 0 Å². The summed E-state index contributed by atoms with van der Waals surface area (Å²) in [5.74, 6) is -7.27. The van der Waals surface area contributed by atoms with Crippen LogP contribution in [0, 0.1) is 0 Å². The highest BCUT2D eigenvalue weighted by molar-refractivity contribution is 5.97. The summed E-state index contributed by atoms with van der Waals surface area (Å²) in [4.78, 5) is 143. The first-order chi connectivity index (χ1) is 34.8. The van der Waals surface area contributed by atoms with Gasteiger partial charge in [0.2, 0.25) is 11.9 Å². The number of anilines is 4. The summed E-state index contributed by atoms with van der Waals surface area (Å²) in [6.45, 7) is 0.122. The van der Waals surface area contributed by atoms with Crippen LogP contribution in [0.25, 0.3) is 11.2 Å². The number of nitrogen functional groups attached to an aromatic ring is 1. The molecule has 13 N–H and O–H groups in total. The third-order valence-electron chi connectivity index (χ3n) is 11.7. The fourth-order valence-electron chi connectivity index (χ4n) is 7.85. The molecule has 29 heteroatoms. The van der Waals surface area contributed by atoms with E-state index < -0.39 is 70.2 Å². The average Bonchev–Trinajstić information content (AvgIpc) is 3.33. The Bertz CT molecular complexity index is 2720. The second kappa shape index (κ2) is 26.9. The molecular weight excluding hydrogens is 965 g/mol. The zero-order chi connectivity index (χ0) is 53.2. The quantitative estimate of drug-likeness (QED) is 0.0218. The fraction of sp³-hybridized carbons (Fsp3) is 0.477. The van der Waals surface area contributed by atoms with Crippen molar-refractivity contribution in [3.05, 3.63) is 72.5 Å². The standard InChI is InChI=1S/C44H58N14O15/c45-44-53-39-36(41(69)54-44)51-27(21-50-39)20-49-26-5-3-25(4-6-26)40(68)52-28(42(70)71)7-8-30(59)46-10-11-48-35-34(37(66)38(35)67)47-9-1-2-29(43(72)73)58-18-16-56(23-32(62)63)14-12-55(22-31(60)61)13-15-57(17-19-58)24-33(64)65/h3-6,21,28-29,47-49H,1-2,7-20,22-24H2,(H,46,59)(H,52,68)(H,60,61)(H,62,63)(H,64,65)(H,70,71)(H,72,73)(H3,45,50,53,54,69)/t28-,29?/m0/s1. The number of nitrogens with one attached hydrogen (secondary N) is 6. The Morgan fingerprint density at radius 2 is 1.22 bits per heavy atom. The largest absolute Gasteiger partial charge is 0.480 e. The van der Waals surface area contributed by atoms with Gasteiger partial charge in [-0.3, -0.25) is 67.7 Å². The maximum Gasteiger partial charge on any atom is 0.326 e. The lowest BCUT2D eigenvalue weighted by Crippen LogP contribution is -2.51. The molecule has 1 fully saturated rings. The molecule has 29 nitrogen and oxygen atoms in total. The highest BCUT2D eigenvalue weighted by atomic mass is 16.4. The average molecular weight is 1020 g/mol. The maximum absolute atomic E-state index is 12.9. The molecule has 2 aromatic carbocycles. The van der Waals surface area contributed by atoms with Gasteiger partial charge in [0.25, 0.3) is 22.3 Å². The predicted octanol–water partition coefficient (Wildman–Crippen LogP) is -3.18. The van der Waals surface area contributed by atoms with Gasteiger partial charge in [0.15, 0.2) is 11.2 Å². The first-order valence-electron chi connectivity index (χ1n) is 23.0. The van der Waals surface area contributed by atoms with Crippen LogP contribution in [0.4, 0.5) is 23.0 Å². The number of aromatic nitrogens is 4. The second-order valence-electron chi connectivity index (χ2n) is 17.0. The van der Waals surface area contributed by atoms with Gasteiger partial charge < -0.3 is 57.9 Å². The van der Waals surface area contributed by atoms with E-state index in [1.165, 1.54) is 18.3 Å². The summed E-state index contributed by atoms with van der Waals surface area (Å²) in [5.41, 5.74) is 4.52. The van der Waals surface area contributed by atoms with Gasteiger partial charge in [-0.15, -0.1) is 0 Å². The van der Waals surface area contributed by atoms with Gasteiger partial charge in [-0.05, 0) is 43.5 Å². The molecule has 2 aromatic heterocycles. The van der Waals surface area contributed by atoms with Crippen molar-refractivity contribution in [3.8, 4) is 0 Å². The van der Waals surface area contributed by atoms with Crippen molar-refractivity contribution < 1.29 is 59.1 Å². The summed E-state index contributed by atoms with van der Waals surface area (Å²) in [7, 11) is 0. The number of H-pyrrole nitrogens is 1. The lowest BCUT2D eigenvalue weighted by Gasteiger charge is -2.35. The predicted molar refractivity (Wildman–Crippen MR) is 260 cm³/mol. The molecule has 394 valence electrons. The molecule has 73 heavy (non-hydrogen) atoms. The number of benzene rings is 1. The number of carboxylic acid groups (broad SMARTS) is 5. The van der Waals surface area contributed by atoms with Gasteiger partial charge in [0.1, 0.15) is 23.5 Å². The van der Waals surface area contributed by atoms with E-state index in [-0.39, 0.29) is 158 Å². The molecule has 2 atom stereocenters. The molecule has 0 radical (unpaired) electrons. The van der Waals surface area contributed by atoms with Crippen molar-refractivity contribution >= 4 is 75.8 Å². The van der Waals surface area contributed by atoms with Crippen molar-refractivity contribution in [2.24, 2.45) is 0 Å². The molecule has 3 heterocycles. The zero-order valence-electron chi connectivity index (χ0n) is 39.5. The van der Waals surface area contributed by atoms with Crippen molar-refractivity contribution in [1.29, 1.82) is 0 Å². The van der Waals surface area contributed by atoms with E-state index in [4.69, 9.17) is 5.73 Å². The number of rotatable bonds is 26. The minimum atomic E-state index is -1.42. The van der Waals surface area contributed by atoms with E-state index >= 15 is 0 Å². The lowest BCUT2D eigenvalue weighted by molar-refractivity contribution is -0.145. The zero-order valence-corrected chi connectivity index (χ0v) is 39.5. The number of carbonyl (C=O) groups excluding carboxylic acids is 2. The Hall–Kier alpha value is -8.15. The summed E-state index contributed by atoms with van der Waals surface area (Å²) in [5, 5.41) is 62.2. The summed E-state index contributed by atoms with van der Waals surface area (Å²) in [6.07, 6.45) is 1.11. The Morgan fingerprint density at radius 3 is 1.75 bits per heavy atom. The van der Waals surface area contributed by atoms with Gasteiger partial charge >= 0.3 is 29.8 Å². The molecule has 5 rings (SSSR count). The molecule has 1 saturated heterocycles. The smallest absolute Gasteiger partial charge is 0.326 e. The topological polar surface area (TPSA) is 425 Å². The number of amides is 2. The molecule has 1 aliphatic rings. The minimum absolute atomic E-state index is 0.0108. The lowest BCUT2D eigenvalue weighted by atomic mass is 10.1.